The van der Waals surface area contributed by atoms with Crippen molar-refractivity contribution in [2.75, 3.05) is 13.1 Å². The summed E-state index contributed by atoms with van der Waals surface area (Å²) in [5.41, 5.74) is 6.10. The van der Waals surface area contributed by atoms with Gasteiger partial charge in [-0.25, -0.2) is 0 Å². The molecule has 108 valence electrons. The van der Waals surface area contributed by atoms with Gasteiger partial charge in [-0.3, -0.25) is 9.59 Å². The summed E-state index contributed by atoms with van der Waals surface area (Å²) >= 11 is 0. The van der Waals surface area contributed by atoms with Gasteiger partial charge in [0, 0.05) is 25.6 Å². The molecule has 1 saturated carbocycles. The van der Waals surface area contributed by atoms with Crippen molar-refractivity contribution < 1.29 is 9.59 Å². The van der Waals surface area contributed by atoms with Gasteiger partial charge in [0.05, 0.1) is 0 Å². The lowest BCUT2D eigenvalue weighted by Gasteiger charge is -2.36. The van der Waals surface area contributed by atoms with Crippen LogP contribution >= 0.6 is 0 Å². The third kappa shape index (κ3) is 3.26. The van der Waals surface area contributed by atoms with E-state index < -0.39 is 0 Å². The molecule has 0 aromatic heterocycles. The van der Waals surface area contributed by atoms with Crippen LogP contribution in [0.4, 0.5) is 0 Å². The molecule has 1 aliphatic carbocycles. The van der Waals surface area contributed by atoms with E-state index in [1.54, 1.807) is 4.90 Å². The van der Waals surface area contributed by atoms with Gasteiger partial charge in [-0.05, 0) is 25.2 Å². The molecule has 2 rings (SSSR count). The summed E-state index contributed by atoms with van der Waals surface area (Å²) in [7, 11) is 0. The zero-order valence-corrected chi connectivity index (χ0v) is 11.7. The van der Waals surface area contributed by atoms with Crippen LogP contribution in [0.2, 0.25) is 0 Å². The second kappa shape index (κ2) is 6.37. The van der Waals surface area contributed by atoms with Crippen LogP contribution in [0.5, 0.6) is 0 Å². The Balaban J connectivity index is 1.96. The van der Waals surface area contributed by atoms with E-state index >= 15 is 0 Å². The van der Waals surface area contributed by atoms with E-state index in [-0.39, 0.29) is 23.9 Å². The number of amides is 2. The Bertz CT molecular complexity index is 346. The summed E-state index contributed by atoms with van der Waals surface area (Å²) in [5.74, 6) is 0.378. The minimum Gasteiger partial charge on any atom is -0.353 e. The van der Waals surface area contributed by atoms with Crippen LogP contribution in [0.15, 0.2) is 0 Å². The zero-order valence-electron chi connectivity index (χ0n) is 11.7. The first kappa shape index (κ1) is 14.3. The van der Waals surface area contributed by atoms with E-state index in [4.69, 9.17) is 5.73 Å². The van der Waals surface area contributed by atoms with Gasteiger partial charge >= 0.3 is 0 Å². The smallest absolute Gasteiger partial charge is 0.242 e. The Labute approximate surface area is 114 Å². The summed E-state index contributed by atoms with van der Waals surface area (Å²) < 4.78 is 0. The van der Waals surface area contributed by atoms with Crippen LogP contribution in [0.25, 0.3) is 0 Å². The fourth-order valence-electron chi connectivity index (χ4n) is 3.25. The quantitative estimate of drug-likeness (QED) is 0.787. The molecule has 3 N–H and O–H groups in total. The van der Waals surface area contributed by atoms with Gasteiger partial charge in [-0.1, -0.05) is 19.8 Å². The molecule has 5 heteroatoms. The zero-order chi connectivity index (χ0) is 13.8. The Morgan fingerprint density at radius 1 is 1.42 bits per heavy atom. The minimum absolute atomic E-state index is 0.0185. The number of hydrogen-bond donors (Lipinski definition) is 2. The third-order valence-electron chi connectivity index (χ3n) is 4.44. The van der Waals surface area contributed by atoms with Crippen molar-refractivity contribution in [1.82, 2.24) is 10.2 Å². The average Bonchev–Trinajstić information content (AvgIpc) is 2.41. The van der Waals surface area contributed by atoms with Gasteiger partial charge in [0.2, 0.25) is 11.8 Å². The number of carbonyl (C=O) groups is 2. The monoisotopic (exact) mass is 267 g/mol. The molecule has 5 nitrogen and oxygen atoms in total. The number of rotatable bonds is 3. The second-order valence-electron chi connectivity index (χ2n) is 5.71. The van der Waals surface area contributed by atoms with Gasteiger partial charge < -0.3 is 16.0 Å². The molecule has 0 spiro atoms. The Morgan fingerprint density at radius 3 is 2.84 bits per heavy atom. The van der Waals surface area contributed by atoms with E-state index in [0.29, 0.717) is 31.8 Å². The molecule has 2 aliphatic rings. The molecule has 19 heavy (non-hydrogen) atoms. The lowest BCUT2D eigenvalue weighted by Crippen LogP contribution is -2.57. The first-order chi connectivity index (χ1) is 9.13. The van der Waals surface area contributed by atoms with Gasteiger partial charge in [0.25, 0.3) is 0 Å². The number of piperazine rings is 1. The van der Waals surface area contributed by atoms with E-state index in [2.05, 4.69) is 5.32 Å². The Morgan fingerprint density at radius 2 is 2.16 bits per heavy atom. The number of carbonyl (C=O) groups excluding carboxylic acids is 2. The highest BCUT2D eigenvalue weighted by Crippen LogP contribution is 2.27. The van der Waals surface area contributed by atoms with Crippen molar-refractivity contribution in [3.8, 4) is 0 Å². The largest absolute Gasteiger partial charge is 0.353 e. The predicted molar refractivity (Wildman–Crippen MR) is 73.4 cm³/mol. The van der Waals surface area contributed by atoms with Crippen molar-refractivity contribution in [2.24, 2.45) is 11.7 Å². The Kier molecular flexibility index (Phi) is 4.80. The van der Waals surface area contributed by atoms with Gasteiger partial charge in [0.15, 0.2) is 0 Å². The molecule has 2 fully saturated rings. The average molecular weight is 267 g/mol. The summed E-state index contributed by atoms with van der Waals surface area (Å²) in [6.45, 7) is 3.14. The fraction of sp³-hybridized carbons (Fsp3) is 0.857. The number of hydrogen-bond acceptors (Lipinski definition) is 3. The maximum Gasteiger partial charge on any atom is 0.242 e. The van der Waals surface area contributed by atoms with Crippen molar-refractivity contribution in [3.63, 3.8) is 0 Å². The molecular formula is C14H25N3O2. The highest BCUT2D eigenvalue weighted by Gasteiger charge is 2.33. The van der Waals surface area contributed by atoms with E-state index in [9.17, 15) is 9.59 Å². The number of nitrogens with one attached hydrogen (secondary N) is 1. The predicted octanol–water partition coefficient (Wildman–Crippen LogP) is 0.631. The maximum atomic E-state index is 12.4. The molecule has 0 bridgehead atoms. The van der Waals surface area contributed by atoms with E-state index in [1.807, 2.05) is 6.92 Å². The summed E-state index contributed by atoms with van der Waals surface area (Å²) in [5, 5.41) is 2.82. The van der Waals surface area contributed by atoms with Crippen LogP contribution in [0.3, 0.4) is 0 Å². The van der Waals surface area contributed by atoms with Crippen LogP contribution in [0, 0.1) is 5.92 Å². The summed E-state index contributed by atoms with van der Waals surface area (Å²) in [6, 6.07) is -0.141. The molecule has 1 saturated heterocycles. The SMILES string of the molecule is CCC1C(=O)NCCN1C(=O)CC1CCCCC1N. The summed E-state index contributed by atoms with van der Waals surface area (Å²) in [4.78, 5) is 25.9. The van der Waals surface area contributed by atoms with Crippen molar-refractivity contribution in [2.45, 2.75) is 57.5 Å². The molecule has 1 heterocycles. The normalized spacial score (nSPS) is 32.0. The molecule has 3 atom stereocenters. The van der Waals surface area contributed by atoms with Crippen LogP contribution < -0.4 is 11.1 Å². The fourth-order valence-corrected chi connectivity index (χ4v) is 3.25. The van der Waals surface area contributed by atoms with Crippen molar-refractivity contribution in [1.29, 1.82) is 0 Å². The van der Waals surface area contributed by atoms with Crippen LogP contribution in [0.1, 0.15) is 45.4 Å². The van der Waals surface area contributed by atoms with Gasteiger partial charge in [-0.2, -0.15) is 0 Å². The lowest BCUT2D eigenvalue weighted by molar-refractivity contribution is -0.144. The number of nitrogens with two attached hydrogens (primary N) is 1. The van der Waals surface area contributed by atoms with Gasteiger partial charge in [-0.15, -0.1) is 0 Å². The molecule has 2 amide bonds. The van der Waals surface area contributed by atoms with Crippen molar-refractivity contribution >= 4 is 11.8 Å². The van der Waals surface area contributed by atoms with Gasteiger partial charge in [0.1, 0.15) is 6.04 Å². The molecule has 0 aromatic rings. The standard InChI is InChI=1S/C14H25N3O2/c1-2-12-14(19)16-7-8-17(12)13(18)9-10-5-3-4-6-11(10)15/h10-12H,2-9,15H2,1H3,(H,16,19). The Hall–Kier alpha value is -1.10. The third-order valence-corrected chi connectivity index (χ3v) is 4.44. The molecular weight excluding hydrogens is 242 g/mol. The first-order valence-electron chi connectivity index (χ1n) is 7.46. The number of nitrogens with zero attached hydrogens (tertiary/aromatic N) is 1. The lowest BCUT2D eigenvalue weighted by atomic mass is 9.82. The molecule has 0 radical (unpaired) electrons. The highest BCUT2D eigenvalue weighted by molar-refractivity contribution is 5.88. The maximum absolute atomic E-state index is 12.4. The highest BCUT2D eigenvalue weighted by atomic mass is 16.2. The topological polar surface area (TPSA) is 75.4 Å². The summed E-state index contributed by atoms with van der Waals surface area (Å²) in [6.07, 6.45) is 5.59. The molecule has 1 aliphatic heterocycles. The molecule has 3 unspecified atom stereocenters. The first-order valence-corrected chi connectivity index (χ1v) is 7.46. The van der Waals surface area contributed by atoms with E-state index in [0.717, 1.165) is 12.8 Å². The van der Waals surface area contributed by atoms with Crippen LogP contribution in [-0.4, -0.2) is 41.9 Å². The van der Waals surface area contributed by atoms with Crippen LogP contribution in [-0.2, 0) is 9.59 Å². The molecule has 0 aromatic carbocycles. The van der Waals surface area contributed by atoms with E-state index in [1.165, 1.54) is 12.8 Å². The van der Waals surface area contributed by atoms with Crippen molar-refractivity contribution in [3.05, 3.63) is 0 Å². The minimum atomic E-state index is -0.291. The second-order valence-corrected chi connectivity index (χ2v) is 5.71.